The number of imidazole rings is 1. The van der Waals surface area contributed by atoms with Gasteiger partial charge in [-0.15, -0.1) is 0 Å². The van der Waals surface area contributed by atoms with Crippen molar-refractivity contribution in [1.29, 1.82) is 0 Å². The molecule has 3 rings (SSSR count). The van der Waals surface area contributed by atoms with Crippen molar-refractivity contribution in [2.24, 2.45) is 0 Å². The van der Waals surface area contributed by atoms with Crippen molar-refractivity contribution in [3.63, 3.8) is 0 Å². The molecule has 19 heavy (non-hydrogen) atoms. The van der Waals surface area contributed by atoms with Gasteiger partial charge in [-0.1, -0.05) is 6.07 Å². The van der Waals surface area contributed by atoms with Crippen LogP contribution in [0, 0.1) is 0 Å². The fourth-order valence-electron chi connectivity index (χ4n) is 2.81. The second-order valence-electron chi connectivity index (χ2n) is 4.99. The molecule has 1 N–H and O–H groups in total. The Morgan fingerprint density at radius 1 is 1.26 bits per heavy atom. The van der Waals surface area contributed by atoms with E-state index in [2.05, 4.69) is 9.88 Å². The summed E-state index contributed by atoms with van der Waals surface area (Å²) >= 11 is 0. The van der Waals surface area contributed by atoms with Crippen LogP contribution < -0.4 is 10.4 Å². The van der Waals surface area contributed by atoms with Gasteiger partial charge in [-0.3, -0.25) is 4.57 Å². The average molecular weight is 261 g/mol. The molecule has 0 saturated carbocycles. The summed E-state index contributed by atoms with van der Waals surface area (Å²) in [6.07, 6.45) is 2.54. The Morgan fingerprint density at radius 2 is 2.05 bits per heavy atom. The molecule has 1 aromatic heterocycles. The lowest BCUT2D eigenvalue weighted by molar-refractivity contribution is 0.322. The van der Waals surface area contributed by atoms with Gasteiger partial charge >= 0.3 is 5.69 Å². The highest BCUT2D eigenvalue weighted by molar-refractivity contribution is 5.81. The molecule has 5 heteroatoms. The number of benzene rings is 1. The molecular weight excluding hydrogens is 242 g/mol. The van der Waals surface area contributed by atoms with Crippen LogP contribution in [0.4, 0.5) is 0 Å². The number of aromatic amines is 1. The lowest BCUT2D eigenvalue weighted by Crippen LogP contribution is -2.28. The Balaban J connectivity index is 1.92. The lowest BCUT2D eigenvalue weighted by Gasteiger charge is -2.15. The van der Waals surface area contributed by atoms with Crippen LogP contribution in [0.5, 0.6) is 5.75 Å². The molecule has 0 atom stereocenters. The second-order valence-corrected chi connectivity index (χ2v) is 4.99. The first-order valence-corrected chi connectivity index (χ1v) is 6.77. The van der Waals surface area contributed by atoms with Crippen molar-refractivity contribution in [2.45, 2.75) is 19.4 Å². The summed E-state index contributed by atoms with van der Waals surface area (Å²) in [5, 5.41) is 0. The molecule has 0 aliphatic carbocycles. The SMILES string of the molecule is COc1cccc2[nH]c(=O)n(CCN3CCCC3)c12. The molecule has 0 spiro atoms. The third-order valence-corrected chi connectivity index (χ3v) is 3.81. The van der Waals surface area contributed by atoms with Crippen LogP contribution in [0.25, 0.3) is 11.0 Å². The number of H-pyrrole nitrogens is 1. The van der Waals surface area contributed by atoms with E-state index in [4.69, 9.17) is 4.74 Å². The number of nitrogens with one attached hydrogen (secondary N) is 1. The maximum absolute atomic E-state index is 12.0. The number of likely N-dealkylation sites (tertiary alicyclic amines) is 1. The van der Waals surface area contributed by atoms with Gasteiger partial charge in [-0.2, -0.15) is 0 Å². The van der Waals surface area contributed by atoms with Gasteiger partial charge in [0.25, 0.3) is 0 Å². The minimum atomic E-state index is -0.0568. The molecule has 0 amide bonds. The van der Waals surface area contributed by atoms with Crippen molar-refractivity contribution in [3.8, 4) is 5.75 Å². The molecule has 0 radical (unpaired) electrons. The van der Waals surface area contributed by atoms with Crippen LogP contribution in [0.15, 0.2) is 23.0 Å². The van der Waals surface area contributed by atoms with E-state index in [-0.39, 0.29) is 5.69 Å². The molecule has 5 nitrogen and oxygen atoms in total. The lowest BCUT2D eigenvalue weighted by atomic mass is 10.3. The molecule has 0 bridgehead atoms. The van der Waals surface area contributed by atoms with Gasteiger partial charge in [0, 0.05) is 13.1 Å². The number of aromatic nitrogens is 2. The summed E-state index contributed by atoms with van der Waals surface area (Å²) in [5.41, 5.74) is 1.65. The fraction of sp³-hybridized carbons (Fsp3) is 0.500. The molecule has 1 aliphatic rings. The number of rotatable bonds is 4. The Bertz CT molecular complexity index is 623. The van der Waals surface area contributed by atoms with E-state index in [9.17, 15) is 4.79 Å². The van der Waals surface area contributed by atoms with Crippen molar-refractivity contribution in [3.05, 3.63) is 28.7 Å². The molecule has 1 fully saturated rings. The summed E-state index contributed by atoms with van der Waals surface area (Å²) in [7, 11) is 1.64. The van der Waals surface area contributed by atoms with E-state index in [1.807, 2.05) is 18.2 Å². The maximum Gasteiger partial charge on any atom is 0.326 e. The Labute approximate surface area is 111 Å². The first-order valence-electron chi connectivity index (χ1n) is 6.77. The minimum Gasteiger partial charge on any atom is -0.494 e. The summed E-state index contributed by atoms with van der Waals surface area (Å²) in [5.74, 6) is 0.747. The van der Waals surface area contributed by atoms with Gasteiger partial charge in [0.15, 0.2) is 0 Å². The van der Waals surface area contributed by atoms with E-state index in [0.29, 0.717) is 6.54 Å². The molecular formula is C14H19N3O2. The smallest absolute Gasteiger partial charge is 0.326 e. The van der Waals surface area contributed by atoms with Crippen LogP contribution in [0.1, 0.15) is 12.8 Å². The molecule has 1 aliphatic heterocycles. The number of fused-ring (bicyclic) bond motifs is 1. The Hall–Kier alpha value is -1.75. The third kappa shape index (κ3) is 2.26. The number of hydrogen-bond acceptors (Lipinski definition) is 3. The van der Waals surface area contributed by atoms with Crippen molar-refractivity contribution in [2.75, 3.05) is 26.7 Å². The summed E-state index contributed by atoms with van der Waals surface area (Å²) in [4.78, 5) is 17.3. The molecule has 2 aromatic rings. The molecule has 2 heterocycles. The van der Waals surface area contributed by atoms with Gasteiger partial charge in [-0.25, -0.2) is 4.79 Å². The number of nitrogens with zero attached hydrogens (tertiary/aromatic N) is 2. The zero-order valence-corrected chi connectivity index (χ0v) is 11.2. The highest BCUT2D eigenvalue weighted by atomic mass is 16.5. The zero-order chi connectivity index (χ0) is 13.2. The van der Waals surface area contributed by atoms with Crippen molar-refractivity contribution < 1.29 is 4.74 Å². The normalized spacial score (nSPS) is 16.3. The standard InChI is InChI=1S/C14H19N3O2/c1-19-12-6-4-5-11-13(12)17(14(18)15-11)10-9-16-7-2-3-8-16/h4-6H,2-3,7-10H2,1H3,(H,15,18). The number of para-hydroxylation sites is 1. The quantitative estimate of drug-likeness (QED) is 0.906. The van der Waals surface area contributed by atoms with Gasteiger partial charge < -0.3 is 14.6 Å². The summed E-state index contributed by atoms with van der Waals surface area (Å²) < 4.78 is 7.14. The Morgan fingerprint density at radius 3 is 2.79 bits per heavy atom. The molecule has 0 unspecified atom stereocenters. The van der Waals surface area contributed by atoms with Crippen LogP contribution >= 0.6 is 0 Å². The van der Waals surface area contributed by atoms with Crippen molar-refractivity contribution in [1.82, 2.24) is 14.5 Å². The summed E-state index contributed by atoms with van der Waals surface area (Å²) in [6, 6.07) is 5.69. The van der Waals surface area contributed by atoms with Crippen LogP contribution in [-0.4, -0.2) is 41.2 Å². The number of methoxy groups -OCH3 is 1. The first kappa shape index (κ1) is 12.3. The molecule has 1 aromatic carbocycles. The number of ether oxygens (including phenoxy) is 1. The fourth-order valence-corrected chi connectivity index (χ4v) is 2.81. The number of hydrogen-bond donors (Lipinski definition) is 1. The van der Waals surface area contributed by atoms with E-state index < -0.39 is 0 Å². The van der Waals surface area contributed by atoms with Gasteiger partial charge in [0.05, 0.1) is 12.6 Å². The third-order valence-electron chi connectivity index (χ3n) is 3.81. The monoisotopic (exact) mass is 261 g/mol. The van der Waals surface area contributed by atoms with Gasteiger partial charge in [0.2, 0.25) is 0 Å². The van der Waals surface area contributed by atoms with Crippen molar-refractivity contribution >= 4 is 11.0 Å². The topological polar surface area (TPSA) is 50.3 Å². The second kappa shape index (κ2) is 5.09. The van der Waals surface area contributed by atoms with Gasteiger partial charge in [0.1, 0.15) is 11.3 Å². The average Bonchev–Trinajstić information content (AvgIpc) is 3.03. The highest BCUT2D eigenvalue weighted by Gasteiger charge is 2.14. The zero-order valence-electron chi connectivity index (χ0n) is 11.2. The van der Waals surface area contributed by atoms with E-state index in [1.165, 1.54) is 12.8 Å². The van der Waals surface area contributed by atoms with Crippen LogP contribution in [0.3, 0.4) is 0 Å². The van der Waals surface area contributed by atoms with Gasteiger partial charge in [-0.05, 0) is 38.1 Å². The maximum atomic E-state index is 12.0. The predicted molar refractivity (Wildman–Crippen MR) is 74.8 cm³/mol. The highest BCUT2D eigenvalue weighted by Crippen LogP contribution is 2.23. The molecule has 102 valence electrons. The van der Waals surface area contributed by atoms with E-state index >= 15 is 0 Å². The minimum absolute atomic E-state index is 0.0568. The van der Waals surface area contributed by atoms with Crippen LogP contribution in [-0.2, 0) is 6.54 Å². The van der Waals surface area contributed by atoms with Crippen LogP contribution in [0.2, 0.25) is 0 Å². The van der Waals surface area contributed by atoms with E-state index in [0.717, 1.165) is 36.4 Å². The Kier molecular flexibility index (Phi) is 3.29. The molecule has 1 saturated heterocycles. The first-order chi connectivity index (χ1) is 9.29. The largest absolute Gasteiger partial charge is 0.494 e. The van der Waals surface area contributed by atoms with E-state index in [1.54, 1.807) is 11.7 Å². The summed E-state index contributed by atoms with van der Waals surface area (Å²) in [6.45, 7) is 3.92. The predicted octanol–water partition coefficient (Wildman–Crippen LogP) is 1.43.